The van der Waals surface area contributed by atoms with Crippen LogP contribution < -0.4 is 9.21 Å². The van der Waals surface area contributed by atoms with Crippen LogP contribution in [0.3, 0.4) is 0 Å². The fourth-order valence-corrected chi connectivity index (χ4v) is 4.13. The van der Waals surface area contributed by atoms with Crippen molar-refractivity contribution in [3.8, 4) is 0 Å². The number of nitrogens with zero attached hydrogens (tertiary/aromatic N) is 2. The number of carbonyl (C=O) groups is 1. The maximum absolute atomic E-state index is 12.7. The molecule has 1 saturated heterocycles. The number of quaternary nitrogens is 1. The van der Waals surface area contributed by atoms with Gasteiger partial charge in [0.05, 0.1) is 45.2 Å². The first-order chi connectivity index (χ1) is 10.7. The number of anilines is 1. The Morgan fingerprint density at radius 3 is 2.48 bits per heavy atom. The van der Waals surface area contributed by atoms with E-state index in [0.29, 0.717) is 23.8 Å². The van der Waals surface area contributed by atoms with Gasteiger partial charge in [-0.15, -0.1) is 0 Å². The number of hydrogen-bond acceptors (Lipinski definition) is 3. The Labute approximate surface area is 142 Å². The zero-order valence-corrected chi connectivity index (χ0v) is 15.2. The predicted octanol–water partition coefficient (Wildman–Crippen LogP) is -0.149. The molecular formula is C15H23ClN3O3S+. The Balaban J connectivity index is 2.27. The van der Waals surface area contributed by atoms with E-state index >= 15 is 0 Å². The van der Waals surface area contributed by atoms with Crippen LogP contribution >= 0.6 is 11.6 Å². The van der Waals surface area contributed by atoms with Crippen LogP contribution in [0.2, 0.25) is 5.02 Å². The van der Waals surface area contributed by atoms with Crippen molar-refractivity contribution in [2.45, 2.75) is 13.0 Å². The molecule has 0 aromatic heterocycles. The molecule has 1 aliphatic rings. The molecule has 1 aliphatic heterocycles. The fourth-order valence-electron chi connectivity index (χ4n) is 2.79. The highest BCUT2D eigenvalue weighted by atomic mass is 35.5. The Hall–Kier alpha value is -1.31. The normalized spacial score (nSPS) is 17.8. The average molecular weight is 361 g/mol. The highest BCUT2D eigenvalue weighted by molar-refractivity contribution is 7.92. The summed E-state index contributed by atoms with van der Waals surface area (Å²) >= 11 is 5.97. The molecule has 0 saturated carbocycles. The molecule has 0 bridgehead atoms. The summed E-state index contributed by atoms with van der Waals surface area (Å²) in [5.41, 5.74) is 0.403. The number of likely N-dealkylation sites (N-methyl/N-ethyl adjacent to an activating group) is 1. The molecule has 1 heterocycles. The van der Waals surface area contributed by atoms with Gasteiger partial charge in [-0.3, -0.25) is 9.10 Å². The van der Waals surface area contributed by atoms with Crippen molar-refractivity contribution in [1.29, 1.82) is 0 Å². The highest BCUT2D eigenvalue weighted by Gasteiger charge is 2.33. The minimum absolute atomic E-state index is 0.178. The Morgan fingerprint density at radius 1 is 1.35 bits per heavy atom. The van der Waals surface area contributed by atoms with Crippen LogP contribution in [0.5, 0.6) is 0 Å². The topological polar surface area (TPSA) is 62.1 Å². The van der Waals surface area contributed by atoms with Gasteiger partial charge in [-0.1, -0.05) is 17.7 Å². The van der Waals surface area contributed by atoms with Crippen LogP contribution in [-0.2, 0) is 14.8 Å². The Bertz CT molecular complexity index is 672. The molecule has 1 atom stereocenters. The molecule has 0 spiro atoms. The number of benzene rings is 1. The third-order valence-electron chi connectivity index (χ3n) is 4.06. The van der Waals surface area contributed by atoms with Crippen molar-refractivity contribution >= 4 is 33.2 Å². The lowest BCUT2D eigenvalue weighted by atomic mass is 10.2. The highest BCUT2D eigenvalue weighted by Crippen LogP contribution is 2.24. The third-order valence-corrected chi connectivity index (χ3v) is 5.53. The molecule has 1 aromatic carbocycles. The Kier molecular flexibility index (Phi) is 5.54. The van der Waals surface area contributed by atoms with Crippen molar-refractivity contribution in [2.24, 2.45) is 0 Å². The van der Waals surface area contributed by atoms with Gasteiger partial charge in [0.25, 0.3) is 0 Å². The van der Waals surface area contributed by atoms with E-state index in [1.807, 2.05) is 0 Å². The molecule has 2 rings (SSSR count). The van der Waals surface area contributed by atoms with Gasteiger partial charge in [0.2, 0.25) is 15.9 Å². The van der Waals surface area contributed by atoms with Crippen molar-refractivity contribution < 1.29 is 18.1 Å². The first-order valence-corrected chi connectivity index (χ1v) is 9.78. The summed E-state index contributed by atoms with van der Waals surface area (Å²) in [7, 11) is -1.52. The largest absolute Gasteiger partial charge is 0.334 e. The molecule has 1 N–H and O–H groups in total. The SMILES string of the molecule is C[C@H](C(=O)N1CC[NH+](C)CC1)N(c1cccc(Cl)c1)S(C)(=O)=O. The van der Waals surface area contributed by atoms with Crippen LogP contribution in [0.25, 0.3) is 0 Å². The van der Waals surface area contributed by atoms with E-state index in [4.69, 9.17) is 11.6 Å². The number of nitrogens with one attached hydrogen (secondary N) is 1. The van der Waals surface area contributed by atoms with Gasteiger partial charge in [-0.25, -0.2) is 8.42 Å². The quantitative estimate of drug-likeness (QED) is 0.812. The number of amides is 1. The first kappa shape index (κ1) is 18.0. The van der Waals surface area contributed by atoms with Gasteiger partial charge < -0.3 is 9.80 Å². The lowest BCUT2D eigenvalue weighted by Gasteiger charge is -2.35. The molecule has 0 aliphatic carbocycles. The smallest absolute Gasteiger partial charge is 0.246 e. The summed E-state index contributed by atoms with van der Waals surface area (Å²) in [4.78, 5) is 15.8. The van der Waals surface area contributed by atoms with Crippen molar-refractivity contribution in [2.75, 3.05) is 43.8 Å². The van der Waals surface area contributed by atoms with Gasteiger partial charge in [0, 0.05) is 5.02 Å². The van der Waals surface area contributed by atoms with Gasteiger partial charge in [-0.05, 0) is 25.1 Å². The average Bonchev–Trinajstić information content (AvgIpc) is 2.46. The molecule has 1 fully saturated rings. The molecule has 8 heteroatoms. The molecule has 0 unspecified atom stereocenters. The van der Waals surface area contributed by atoms with Gasteiger partial charge in [0.1, 0.15) is 6.04 Å². The fraction of sp³-hybridized carbons (Fsp3) is 0.533. The van der Waals surface area contributed by atoms with E-state index in [9.17, 15) is 13.2 Å². The minimum atomic E-state index is -3.61. The summed E-state index contributed by atoms with van der Waals surface area (Å²) in [5, 5.41) is 0.430. The molecule has 1 aromatic rings. The second kappa shape index (κ2) is 7.07. The standard InChI is InChI=1S/C15H22ClN3O3S/c1-12(15(20)18-9-7-17(2)8-10-18)19(23(3,21)22)14-6-4-5-13(16)11-14/h4-6,11-12H,7-10H2,1-3H3/p+1/t12-/m1/s1. The van der Waals surface area contributed by atoms with Crippen molar-refractivity contribution in [3.05, 3.63) is 29.3 Å². The van der Waals surface area contributed by atoms with Gasteiger partial charge >= 0.3 is 0 Å². The number of rotatable bonds is 4. The predicted molar refractivity (Wildman–Crippen MR) is 91.4 cm³/mol. The second-order valence-corrected chi connectivity index (χ2v) is 8.29. The zero-order chi connectivity index (χ0) is 17.2. The molecule has 6 nitrogen and oxygen atoms in total. The number of piperazine rings is 1. The number of carbonyl (C=O) groups excluding carboxylic acids is 1. The first-order valence-electron chi connectivity index (χ1n) is 7.55. The lowest BCUT2D eigenvalue weighted by molar-refractivity contribution is -0.883. The Morgan fingerprint density at radius 2 is 1.96 bits per heavy atom. The maximum atomic E-state index is 12.7. The number of halogens is 1. The molecular weight excluding hydrogens is 338 g/mol. The summed E-state index contributed by atoms with van der Waals surface area (Å²) in [6.45, 7) is 4.64. The molecule has 128 valence electrons. The van der Waals surface area contributed by atoms with Crippen LogP contribution in [0.15, 0.2) is 24.3 Å². The maximum Gasteiger partial charge on any atom is 0.246 e. The van der Waals surface area contributed by atoms with Crippen LogP contribution in [0, 0.1) is 0 Å². The van der Waals surface area contributed by atoms with E-state index in [2.05, 4.69) is 7.05 Å². The zero-order valence-electron chi connectivity index (χ0n) is 13.6. The monoisotopic (exact) mass is 360 g/mol. The molecule has 1 amide bonds. The van der Waals surface area contributed by atoms with E-state index in [1.54, 1.807) is 36.1 Å². The summed E-state index contributed by atoms with van der Waals surface area (Å²) in [6, 6.07) is 5.74. The molecule has 0 radical (unpaired) electrons. The van der Waals surface area contributed by atoms with Crippen LogP contribution in [0.1, 0.15) is 6.92 Å². The molecule has 23 heavy (non-hydrogen) atoms. The van der Waals surface area contributed by atoms with Gasteiger partial charge in [0.15, 0.2) is 0 Å². The van der Waals surface area contributed by atoms with E-state index in [-0.39, 0.29) is 5.91 Å². The van der Waals surface area contributed by atoms with E-state index in [1.165, 1.54) is 4.90 Å². The van der Waals surface area contributed by atoms with Crippen LogP contribution in [-0.4, -0.2) is 64.7 Å². The van der Waals surface area contributed by atoms with Crippen LogP contribution in [0.4, 0.5) is 5.69 Å². The lowest BCUT2D eigenvalue weighted by Crippen LogP contribution is -3.12. The van der Waals surface area contributed by atoms with E-state index in [0.717, 1.165) is 23.7 Å². The summed E-state index contributed by atoms with van der Waals surface area (Å²) < 4.78 is 25.6. The number of sulfonamides is 1. The van der Waals surface area contributed by atoms with Crippen molar-refractivity contribution in [3.63, 3.8) is 0 Å². The minimum Gasteiger partial charge on any atom is -0.334 e. The number of hydrogen-bond donors (Lipinski definition) is 1. The van der Waals surface area contributed by atoms with Gasteiger partial charge in [-0.2, -0.15) is 0 Å². The van der Waals surface area contributed by atoms with E-state index < -0.39 is 16.1 Å². The second-order valence-electron chi connectivity index (χ2n) is 6.00. The summed E-state index contributed by atoms with van der Waals surface area (Å²) in [5.74, 6) is -0.178. The summed E-state index contributed by atoms with van der Waals surface area (Å²) in [6.07, 6.45) is 1.10. The third kappa shape index (κ3) is 4.37. The van der Waals surface area contributed by atoms with Crippen molar-refractivity contribution in [1.82, 2.24) is 4.90 Å².